The second-order valence-electron chi connectivity index (χ2n) is 6.40. The zero-order valence-electron chi connectivity index (χ0n) is 15.2. The molecule has 1 fully saturated rings. The lowest BCUT2D eigenvalue weighted by atomic mass is 10.2. The molecule has 0 saturated carbocycles. The number of rotatable bonds is 6. The van der Waals surface area contributed by atoms with Gasteiger partial charge in [0.1, 0.15) is 5.82 Å². The molecule has 3 rings (SSSR count). The summed E-state index contributed by atoms with van der Waals surface area (Å²) in [5.41, 5.74) is 0.426. The summed E-state index contributed by atoms with van der Waals surface area (Å²) >= 11 is 0. The van der Waals surface area contributed by atoms with Gasteiger partial charge in [0.25, 0.3) is 0 Å². The number of benzene rings is 2. The van der Waals surface area contributed by atoms with Crippen molar-refractivity contribution >= 4 is 15.7 Å². The van der Waals surface area contributed by atoms with Gasteiger partial charge < -0.3 is 4.74 Å². The molecule has 0 aliphatic carbocycles. The Bertz CT molecular complexity index is 975. The van der Waals surface area contributed by atoms with Crippen LogP contribution in [0.4, 0.5) is 10.1 Å². The highest BCUT2D eigenvalue weighted by Crippen LogP contribution is 2.30. The maximum Gasteiger partial charge on any atom is 0.312 e. The fraction of sp³-hybridized carbons (Fsp3) is 0.333. The number of piperazine rings is 1. The molecule has 8 nitrogen and oxygen atoms in total. The Labute approximate surface area is 162 Å². The average molecular weight is 409 g/mol. The molecule has 1 aliphatic heterocycles. The van der Waals surface area contributed by atoms with Crippen molar-refractivity contribution in [1.29, 1.82) is 0 Å². The molecular weight excluding hydrogens is 389 g/mol. The van der Waals surface area contributed by atoms with Crippen LogP contribution in [-0.2, 0) is 16.6 Å². The van der Waals surface area contributed by atoms with E-state index < -0.39 is 20.6 Å². The van der Waals surface area contributed by atoms with Gasteiger partial charge in [-0.15, -0.1) is 0 Å². The summed E-state index contributed by atoms with van der Waals surface area (Å²) in [7, 11) is -2.57. The van der Waals surface area contributed by atoms with Crippen LogP contribution in [0.2, 0.25) is 0 Å². The number of hydrogen-bond donors (Lipinski definition) is 0. The zero-order chi connectivity index (χ0) is 20.3. The maximum absolute atomic E-state index is 13.3. The van der Waals surface area contributed by atoms with Crippen molar-refractivity contribution in [3.8, 4) is 5.75 Å². The van der Waals surface area contributed by atoms with E-state index in [0.717, 1.165) is 11.6 Å². The minimum atomic E-state index is -3.86. The molecule has 0 unspecified atom stereocenters. The number of nitrogens with zero attached hydrogens (tertiary/aromatic N) is 3. The Morgan fingerprint density at radius 3 is 2.46 bits per heavy atom. The van der Waals surface area contributed by atoms with Crippen LogP contribution in [0.5, 0.6) is 5.75 Å². The number of hydrogen-bond acceptors (Lipinski definition) is 6. The Morgan fingerprint density at radius 2 is 1.86 bits per heavy atom. The number of ether oxygens (including phenoxy) is 1. The first kappa shape index (κ1) is 20.2. The fourth-order valence-electron chi connectivity index (χ4n) is 3.14. The fourth-order valence-corrected chi connectivity index (χ4v) is 4.59. The van der Waals surface area contributed by atoms with Crippen LogP contribution >= 0.6 is 0 Å². The van der Waals surface area contributed by atoms with Crippen LogP contribution in [0.25, 0.3) is 0 Å². The van der Waals surface area contributed by atoms with E-state index in [4.69, 9.17) is 4.74 Å². The van der Waals surface area contributed by atoms with Gasteiger partial charge in [0.15, 0.2) is 5.75 Å². The SMILES string of the molecule is COc1ccc(S(=O)(=O)N2CCN(Cc3cccc(F)c3)CC2)cc1[N+](=O)[O-]. The molecule has 0 amide bonds. The molecule has 0 spiro atoms. The lowest BCUT2D eigenvalue weighted by Gasteiger charge is -2.34. The van der Waals surface area contributed by atoms with Crippen molar-refractivity contribution in [3.63, 3.8) is 0 Å². The van der Waals surface area contributed by atoms with Gasteiger partial charge in [-0.2, -0.15) is 4.31 Å². The number of halogens is 1. The van der Waals surface area contributed by atoms with Gasteiger partial charge >= 0.3 is 5.69 Å². The lowest BCUT2D eigenvalue weighted by molar-refractivity contribution is -0.386. The molecule has 0 bridgehead atoms. The topological polar surface area (TPSA) is 93.0 Å². The first-order chi connectivity index (χ1) is 13.3. The Hall–Kier alpha value is -2.56. The number of nitro benzene ring substituents is 1. The van der Waals surface area contributed by atoms with Crippen LogP contribution in [0.1, 0.15) is 5.56 Å². The molecule has 150 valence electrons. The molecule has 2 aromatic rings. The van der Waals surface area contributed by atoms with Gasteiger partial charge in [-0.05, 0) is 29.8 Å². The molecule has 0 atom stereocenters. The normalized spacial score (nSPS) is 16.1. The third-order valence-corrected chi connectivity index (χ3v) is 6.51. The van der Waals surface area contributed by atoms with Gasteiger partial charge in [0.2, 0.25) is 10.0 Å². The first-order valence-corrected chi connectivity index (χ1v) is 10.0. The van der Waals surface area contributed by atoms with Crippen LogP contribution in [0.3, 0.4) is 0 Å². The standard InChI is InChI=1S/C18H20FN3O5S/c1-27-18-6-5-16(12-17(18)22(23)24)28(25,26)21-9-7-20(8-10-21)13-14-3-2-4-15(19)11-14/h2-6,11-12H,7-10,13H2,1H3. The summed E-state index contributed by atoms with van der Waals surface area (Å²) in [6.07, 6.45) is 0. The first-order valence-electron chi connectivity index (χ1n) is 8.60. The van der Waals surface area contributed by atoms with E-state index in [1.54, 1.807) is 6.07 Å². The van der Waals surface area contributed by atoms with E-state index >= 15 is 0 Å². The summed E-state index contributed by atoms with van der Waals surface area (Å²) in [6, 6.07) is 9.91. The van der Waals surface area contributed by atoms with E-state index in [0.29, 0.717) is 19.6 Å². The highest BCUT2D eigenvalue weighted by molar-refractivity contribution is 7.89. The van der Waals surface area contributed by atoms with Crippen LogP contribution in [-0.4, -0.2) is 55.8 Å². The van der Waals surface area contributed by atoms with E-state index in [-0.39, 0.29) is 29.6 Å². The van der Waals surface area contributed by atoms with Gasteiger partial charge in [-0.3, -0.25) is 15.0 Å². The minimum Gasteiger partial charge on any atom is -0.490 e. The molecular formula is C18H20FN3O5S. The summed E-state index contributed by atoms with van der Waals surface area (Å²) in [5, 5.41) is 11.2. The van der Waals surface area contributed by atoms with Crippen molar-refractivity contribution in [2.75, 3.05) is 33.3 Å². The highest BCUT2D eigenvalue weighted by atomic mass is 32.2. The molecule has 2 aromatic carbocycles. The van der Waals surface area contributed by atoms with Gasteiger partial charge in [-0.1, -0.05) is 12.1 Å². The molecule has 1 heterocycles. The smallest absolute Gasteiger partial charge is 0.312 e. The molecule has 0 aromatic heterocycles. The monoisotopic (exact) mass is 409 g/mol. The van der Waals surface area contributed by atoms with Gasteiger partial charge in [0, 0.05) is 38.8 Å². The van der Waals surface area contributed by atoms with E-state index in [1.165, 1.54) is 35.7 Å². The Balaban J connectivity index is 1.71. The largest absolute Gasteiger partial charge is 0.490 e. The van der Waals surface area contributed by atoms with Crippen molar-refractivity contribution in [3.05, 3.63) is 64.0 Å². The van der Waals surface area contributed by atoms with Crippen molar-refractivity contribution < 1.29 is 22.5 Å². The molecule has 0 N–H and O–H groups in total. The average Bonchev–Trinajstić information content (AvgIpc) is 2.68. The quantitative estimate of drug-likeness (QED) is 0.537. The molecule has 0 radical (unpaired) electrons. The zero-order valence-corrected chi connectivity index (χ0v) is 16.1. The predicted molar refractivity (Wildman–Crippen MR) is 100 cm³/mol. The van der Waals surface area contributed by atoms with E-state index in [1.807, 2.05) is 11.0 Å². The molecule has 1 saturated heterocycles. The van der Waals surface area contributed by atoms with Gasteiger partial charge in [-0.25, -0.2) is 12.8 Å². The molecule has 10 heteroatoms. The second kappa shape index (κ2) is 8.21. The number of sulfonamides is 1. The Kier molecular flexibility index (Phi) is 5.92. The highest BCUT2D eigenvalue weighted by Gasteiger charge is 2.30. The van der Waals surface area contributed by atoms with Crippen LogP contribution in [0.15, 0.2) is 47.4 Å². The van der Waals surface area contributed by atoms with Crippen molar-refractivity contribution in [2.24, 2.45) is 0 Å². The summed E-state index contributed by atoms with van der Waals surface area (Å²) in [4.78, 5) is 12.4. The summed E-state index contributed by atoms with van der Waals surface area (Å²) < 4.78 is 45.3. The maximum atomic E-state index is 13.3. The Morgan fingerprint density at radius 1 is 1.14 bits per heavy atom. The van der Waals surface area contributed by atoms with Crippen LogP contribution < -0.4 is 4.74 Å². The lowest BCUT2D eigenvalue weighted by Crippen LogP contribution is -2.48. The number of methoxy groups -OCH3 is 1. The van der Waals surface area contributed by atoms with Crippen LogP contribution in [0, 0.1) is 15.9 Å². The van der Waals surface area contributed by atoms with E-state index in [2.05, 4.69) is 0 Å². The van der Waals surface area contributed by atoms with Crippen molar-refractivity contribution in [1.82, 2.24) is 9.21 Å². The summed E-state index contributed by atoms with van der Waals surface area (Å²) in [5.74, 6) is -0.302. The predicted octanol–water partition coefficient (Wildman–Crippen LogP) is 2.25. The molecule has 1 aliphatic rings. The summed E-state index contributed by atoms with van der Waals surface area (Å²) in [6.45, 7) is 1.98. The minimum absolute atomic E-state index is 0.00358. The van der Waals surface area contributed by atoms with Crippen molar-refractivity contribution in [2.45, 2.75) is 11.4 Å². The molecule has 28 heavy (non-hydrogen) atoms. The second-order valence-corrected chi connectivity index (χ2v) is 8.34. The third-order valence-electron chi connectivity index (χ3n) is 4.61. The third kappa shape index (κ3) is 4.29. The number of nitro groups is 1. The van der Waals surface area contributed by atoms with Gasteiger partial charge in [0.05, 0.1) is 16.9 Å². The van der Waals surface area contributed by atoms with E-state index in [9.17, 15) is 22.9 Å².